The molecule has 0 fully saturated rings. The number of halogens is 1. The maximum absolute atomic E-state index is 14.0. The van der Waals surface area contributed by atoms with Gasteiger partial charge in [-0.3, -0.25) is 14.5 Å². The van der Waals surface area contributed by atoms with Crippen LogP contribution in [0.15, 0.2) is 112 Å². The summed E-state index contributed by atoms with van der Waals surface area (Å²) in [5.74, 6) is -0.196. The Morgan fingerprint density at radius 3 is 2.22 bits per heavy atom. The van der Waals surface area contributed by atoms with Gasteiger partial charge in [0.05, 0.1) is 16.6 Å². The number of amides is 2. The van der Waals surface area contributed by atoms with E-state index in [1.54, 1.807) is 36.0 Å². The lowest BCUT2D eigenvalue weighted by atomic mass is 10.2. The molecule has 1 heterocycles. The van der Waals surface area contributed by atoms with Gasteiger partial charge in [0.2, 0.25) is 5.91 Å². The number of nitrogens with one attached hydrogen (secondary N) is 1. The van der Waals surface area contributed by atoms with Gasteiger partial charge in [-0.05, 0) is 67.1 Å². The Kier molecular flexibility index (Phi) is 7.37. The fraction of sp³-hybridized carbons (Fsp3) is 0.103. The van der Waals surface area contributed by atoms with Gasteiger partial charge < -0.3 is 5.32 Å². The number of hydrogen-bond acceptors (Lipinski definition) is 4. The molecule has 4 aromatic rings. The molecule has 180 valence electrons. The Morgan fingerprint density at radius 1 is 0.889 bits per heavy atom. The highest BCUT2D eigenvalue weighted by Crippen LogP contribution is 2.48. The van der Waals surface area contributed by atoms with E-state index < -0.39 is 0 Å². The third-order valence-electron chi connectivity index (χ3n) is 5.76. The summed E-state index contributed by atoms with van der Waals surface area (Å²) in [4.78, 5) is 31.5. The summed E-state index contributed by atoms with van der Waals surface area (Å²) in [6.45, 7) is 2.02. The van der Waals surface area contributed by atoms with Crippen LogP contribution >= 0.6 is 35.1 Å². The van der Waals surface area contributed by atoms with Gasteiger partial charge in [-0.2, -0.15) is 0 Å². The minimum atomic E-state index is -0.298. The second kappa shape index (κ2) is 10.8. The zero-order valence-corrected chi connectivity index (χ0v) is 21.9. The number of benzene rings is 4. The van der Waals surface area contributed by atoms with Gasteiger partial charge in [-0.1, -0.05) is 66.7 Å². The summed E-state index contributed by atoms with van der Waals surface area (Å²) in [6.07, 6.45) is 0.663. The van der Waals surface area contributed by atoms with Crippen LogP contribution in [0.25, 0.3) is 0 Å². The minimum Gasteiger partial charge on any atom is -0.322 e. The summed E-state index contributed by atoms with van der Waals surface area (Å²) in [5.41, 5.74) is 2.97. The van der Waals surface area contributed by atoms with Gasteiger partial charge in [0.25, 0.3) is 5.91 Å². The zero-order chi connectivity index (χ0) is 25.1. The first-order valence-electron chi connectivity index (χ1n) is 11.6. The topological polar surface area (TPSA) is 49.4 Å². The van der Waals surface area contributed by atoms with E-state index in [0.717, 1.165) is 26.1 Å². The first-order chi connectivity index (χ1) is 17.5. The van der Waals surface area contributed by atoms with Crippen molar-refractivity contribution < 1.29 is 9.59 Å². The summed E-state index contributed by atoms with van der Waals surface area (Å²) >= 11 is 9.22. The van der Waals surface area contributed by atoms with Crippen molar-refractivity contribution in [1.29, 1.82) is 0 Å². The van der Waals surface area contributed by atoms with Crippen molar-refractivity contribution in [3.05, 3.63) is 108 Å². The van der Waals surface area contributed by atoms with Gasteiger partial charge in [-0.25, -0.2) is 0 Å². The van der Waals surface area contributed by atoms with E-state index in [0.29, 0.717) is 22.7 Å². The number of thioether (sulfide) groups is 1. The number of rotatable bonds is 6. The van der Waals surface area contributed by atoms with Crippen LogP contribution in [0.3, 0.4) is 0 Å². The molecule has 0 saturated heterocycles. The monoisotopic (exact) mass is 530 g/mol. The molecule has 5 rings (SSSR count). The number of carbonyl (C=O) groups is 2. The molecular weight excluding hydrogens is 508 g/mol. The molecule has 36 heavy (non-hydrogen) atoms. The zero-order valence-electron chi connectivity index (χ0n) is 19.5. The lowest BCUT2D eigenvalue weighted by Gasteiger charge is -2.33. The standard InChI is InChI=1S/C29H23ClN2O2S2/c1-2-25(29(34)32-23-13-3-5-15-26(23)36-27-16-6-4-14-24(27)32)35-22-12-8-11-21(18-22)31-28(33)19-9-7-10-20(30)17-19/h3-18,25H,2H2,1H3,(H,31,33). The van der Waals surface area contributed by atoms with Gasteiger partial charge >= 0.3 is 0 Å². The predicted molar refractivity (Wildman–Crippen MR) is 150 cm³/mol. The maximum Gasteiger partial charge on any atom is 0.255 e. The molecule has 1 aliphatic heterocycles. The second-order valence-electron chi connectivity index (χ2n) is 8.22. The van der Waals surface area contributed by atoms with Crippen molar-refractivity contribution in [3.8, 4) is 0 Å². The molecule has 4 aromatic carbocycles. The Labute approximate surface area is 224 Å². The van der Waals surface area contributed by atoms with Crippen LogP contribution in [-0.4, -0.2) is 17.1 Å². The van der Waals surface area contributed by atoms with Crippen molar-refractivity contribution in [2.24, 2.45) is 0 Å². The van der Waals surface area contributed by atoms with E-state index in [4.69, 9.17) is 11.6 Å². The number of anilines is 3. The van der Waals surface area contributed by atoms with Crippen LogP contribution in [0.4, 0.5) is 17.1 Å². The van der Waals surface area contributed by atoms with Gasteiger partial charge in [0, 0.05) is 31.0 Å². The molecule has 1 N–H and O–H groups in total. The largest absolute Gasteiger partial charge is 0.322 e. The molecule has 4 nitrogen and oxygen atoms in total. The van der Waals surface area contributed by atoms with Crippen molar-refractivity contribution in [3.63, 3.8) is 0 Å². The SMILES string of the molecule is CCC(Sc1cccc(NC(=O)c2cccc(Cl)c2)c1)C(=O)N1c2ccccc2Sc2ccccc21. The van der Waals surface area contributed by atoms with Crippen molar-refractivity contribution >= 4 is 64.0 Å². The van der Waals surface area contributed by atoms with E-state index >= 15 is 0 Å². The fourth-order valence-electron chi connectivity index (χ4n) is 4.04. The number of hydrogen-bond donors (Lipinski definition) is 1. The van der Waals surface area contributed by atoms with E-state index in [9.17, 15) is 9.59 Å². The smallest absolute Gasteiger partial charge is 0.255 e. The van der Waals surface area contributed by atoms with E-state index in [2.05, 4.69) is 17.4 Å². The molecule has 1 unspecified atom stereocenters. The quantitative estimate of drug-likeness (QED) is 0.255. The number of nitrogens with zero attached hydrogens (tertiary/aromatic N) is 1. The fourth-order valence-corrected chi connectivity index (χ4v) is 6.34. The Morgan fingerprint density at radius 2 is 1.56 bits per heavy atom. The molecule has 2 amide bonds. The molecule has 0 spiro atoms. The molecule has 0 aromatic heterocycles. The molecule has 0 aliphatic carbocycles. The third-order valence-corrected chi connectivity index (χ3v) is 8.47. The molecule has 7 heteroatoms. The average molecular weight is 531 g/mol. The summed E-state index contributed by atoms with van der Waals surface area (Å²) in [7, 11) is 0. The van der Waals surface area contributed by atoms with Crippen LogP contribution in [-0.2, 0) is 4.79 Å². The van der Waals surface area contributed by atoms with Gasteiger partial charge in [0.1, 0.15) is 0 Å². The van der Waals surface area contributed by atoms with Crippen LogP contribution in [0.1, 0.15) is 23.7 Å². The van der Waals surface area contributed by atoms with Crippen molar-refractivity contribution in [1.82, 2.24) is 0 Å². The molecule has 0 saturated carbocycles. The van der Waals surface area contributed by atoms with Crippen LogP contribution in [0.5, 0.6) is 0 Å². The lowest BCUT2D eigenvalue weighted by molar-refractivity contribution is -0.117. The Balaban J connectivity index is 1.38. The third kappa shape index (κ3) is 5.16. The molecule has 0 radical (unpaired) electrons. The van der Waals surface area contributed by atoms with Gasteiger partial charge in [0.15, 0.2) is 0 Å². The first-order valence-corrected chi connectivity index (χ1v) is 13.6. The molecule has 1 atom stereocenters. The minimum absolute atomic E-state index is 0.0380. The van der Waals surface area contributed by atoms with E-state index in [1.807, 2.05) is 72.5 Å². The summed E-state index contributed by atoms with van der Waals surface area (Å²) in [5, 5.41) is 3.14. The molecule has 1 aliphatic rings. The average Bonchev–Trinajstić information content (AvgIpc) is 2.90. The lowest BCUT2D eigenvalue weighted by Crippen LogP contribution is -2.35. The number of carbonyl (C=O) groups excluding carboxylic acids is 2. The summed E-state index contributed by atoms with van der Waals surface area (Å²) < 4.78 is 0. The van der Waals surface area contributed by atoms with Crippen LogP contribution < -0.4 is 10.2 Å². The number of fused-ring (bicyclic) bond motifs is 2. The normalized spacial score (nSPS) is 12.9. The highest BCUT2D eigenvalue weighted by molar-refractivity contribution is 8.00. The van der Waals surface area contributed by atoms with E-state index in [1.165, 1.54) is 11.8 Å². The Bertz CT molecular complexity index is 1400. The Hall–Kier alpha value is -3.19. The van der Waals surface area contributed by atoms with Crippen molar-refractivity contribution in [2.75, 3.05) is 10.2 Å². The first kappa shape index (κ1) is 24.5. The summed E-state index contributed by atoms with van der Waals surface area (Å²) in [6, 6.07) is 30.4. The van der Waals surface area contributed by atoms with Crippen LogP contribution in [0, 0.1) is 0 Å². The molecule has 0 bridgehead atoms. The number of para-hydroxylation sites is 2. The second-order valence-corrected chi connectivity index (χ2v) is 11.0. The van der Waals surface area contributed by atoms with Crippen molar-refractivity contribution in [2.45, 2.75) is 33.3 Å². The predicted octanol–water partition coefficient (Wildman–Crippen LogP) is 8.29. The highest BCUT2D eigenvalue weighted by Gasteiger charge is 2.32. The highest BCUT2D eigenvalue weighted by atomic mass is 35.5. The van der Waals surface area contributed by atoms with Crippen LogP contribution in [0.2, 0.25) is 5.02 Å². The molecular formula is C29H23ClN2O2S2. The van der Waals surface area contributed by atoms with Gasteiger partial charge in [-0.15, -0.1) is 11.8 Å². The maximum atomic E-state index is 14.0. The van der Waals surface area contributed by atoms with E-state index in [-0.39, 0.29) is 17.1 Å².